The Bertz CT molecular complexity index is 1000. The molecule has 0 aromatic heterocycles. The van der Waals surface area contributed by atoms with Crippen LogP contribution >= 0.6 is 0 Å². The first-order valence-electron chi connectivity index (χ1n) is 19.8. The Hall–Kier alpha value is -2.28. The zero-order valence-corrected chi connectivity index (χ0v) is 36.7. The Morgan fingerprint density at radius 1 is 0.582 bits per heavy atom. The maximum Gasteiger partial charge on any atom is 0.320 e. The lowest BCUT2D eigenvalue weighted by Gasteiger charge is -2.33. The first-order chi connectivity index (χ1) is 25.8. The molecule has 0 spiro atoms. The van der Waals surface area contributed by atoms with Gasteiger partial charge in [0.1, 0.15) is 17.5 Å². The number of hydrogen-bond donors (Lipinski definition) is 2. The van der Waals surface area contributed by atoms with Crippen molar-refractivity contribution in [3.05, 3.63) is 0 Å². The molecular formula is C39H80N6O10. The van der Waals surface area contributed by atoms with Gasteiger partial charge in [0.2, 0.25) is 5.91 Å². The summed E-state index contributed by atoms with van der Waals surface area (Å²) in [5, 5.41) is 2.90. The molecule has 55 heavy (non-hydrogen) atoms. The highest BCUT2D eigenvalue weighted by Gasteiger charge is 2.24. The molecule has 1 fully saturated rings. The van der Waals surface area contributed by atoms with Crippen molar-refractivity contribution < 1.29 is 47.6 Å². The summed E-state index contributed by atoms with van der Waals surface area (Å²) in [6.07, 6.45) is 0.865. The summed E-state index contributed by atoms with van der Waals surface area (Å²) in [7, 11) is 1.71. The van der Waals surface area contributed by atoms with Crippen LogP contribution in [0.15, 0.2) is 0 Å². The van der Waals surface area contributed by atoms with E-state index < -0.39 is 11.2 Å². The first-order valence-corrected chi connectivity index (χ1v) is 19.8. The van der Waals surface area contributed by atoms with Gasteiger partial charge in [0.05, 0.1) is 71.4 Å². The van der Waals surface area contributed by atoms with Gasteiger partial charge in [-0.15, -0.1) is 0 Å². The van der Waals surface area contributed by atoms with Gasteiger partial charge in [0.15, 0.2) is 0 Å². The quantitative estimate of drug-likeness (QED) is 0.110. The number of esters is 2. The molecule has 0 aromatic rings. The number of nitrogens with zero attached hydrogens (tertiary/aromatic N) is 4. The molecule has 0 aliphatic carbocycles. The zero-order chi connectivity index (χ0) is 42.3. The number of aldehydes is 1. The number of ether oxygens (including phenoxy) is 6. The number of nitrogens with two attached hydrogens (primary N) is 1. The van der Waals surface area contributed by atoms with E-state index in [1.54, 1.807) is 7.11 Å². The highest BCUT2D eigenvalue weighted by molar-refractivity contribution is 5.78. The largest absolute Gasteiger partial charge is 0.459 e. The standard InChI is InChI=1S/C32H62N6O9.C5H12O.C2H6/c1-31(2,3)46-29(41)26-37-12-10-35(17-18-39)9-11-36(13-14-38(16-15-37)27-30(42)47-32(4,5)6)25-28(40)34-8-20-44-22-24-45-23-21-43-19-7-33;1-5(2,3)6-4;1-2/h18H,7-17,19-27,33H2,1-6H3,(H,34,40);1-4H3;1-2H3. The van der Waals surface area contributed by atoms with Crippen molar-refractivity contribution in [2.45, 2.75) is 93.0 Å². The number of methoxy groups -OCH3 is 1. The van der Waals surface area contributed by atoms with Crippen LogP contribution in [0.2, 0.25) is 0 Å². The summed E-state index contributed by atoms with van der Waals surface area (Å²) in [5.41, 5.74) is 4.19. The molecule has 0 atom stereocenters. The minimum Gasteiger partial charge on any atom is -0.459 e. The van der Waals surface area contributed by atoms with Crippen molar-refractivity contribution in [2.24, 2.45) is 5.73 Å². The van der Waals surface area contributed by atoms with Gasteiger partial charge in [-0.2, -0.15) is 0 Å². The maximum atomic E-state index is 12.9. The molecule has 16 nitrogen and oxygen atoms in total. The predicted octanol–water partition coefficient (Wildman–Crippen LogP) is 1.67. The van der Waals surface area contributed by atoms with Crippen molar-refractivity contribution >= 4 is 24.1 Å². The second-order valence-corrected chi connectivity index (χ2v) is 15.8. The number of rotatable bonds is 19. The van der Waals surface area contributed by atoms with Crippen LogP contribution in [0, 0.1) is 0 Å². The Morgan fingerprint density at radius 2 is 0.927 bits per heavy atom. The third-order valence-electron chi connectivity index (χ3n) is 7.36. The van der Waals surface area contributed by atoms with Crippen molar-refractivity contribution in [3.8, 4) is 0 Å². The molecule has 326 valence electrons. The summed E-state index contributed by atoms with van der Waals surface area (Å²) in [6.45, 7) is 29.3. The molecule has 1 saturated heterocycles. The van der Waals surface area contributed by atoms with E-state index in [0.29, 0.717) is 105 Å². The second kappa shape index (κ2) is 31.8. The number of hydrogen-bond acceptors (Lipinski definition) is 15. The molecule has 1 rings (SSSR count). The lowest BCUT2D eigenvalue weighted by Crippen LogP contribution is -2.50. The van der Waals surface area contributed by atoms with Gasteiger partial charge in [-0.1, -0.05) is 13.8 Å². The SMILES string of the molecule is CC.CC(C)(C)OC(=O)CN1CCN(CC=O)CCN(CC(=O)NCCOCCOCCOCCN)CCN(CC(=O)OC(C)(C)C)CC1.COC(C)(C)C. The first kappa shape index (κ1) is 54.8. The van der Waals surface area contributed by atoms with Crippen LogP contribution in [0.4, 0.5) is 0 Å². The van der Waals surface area contributed by atoms with E-state index in [1.165, 1.54) is 0 Å². The van der Waals surface area contributed by atoms with Gasteiger partial charge in [0.25, 0.3) is 0 Å². The van der Waals surface area contributed by atoms with Crippen LogP contribution in [0.5, 0.6) is 0 Å². The lowest BCUT2D eigenvalue weighted by molar-refractivity contribution is -0.158. The van der Waals surface area contributed by atoms with Crippen LogP contribution in [-0.2, 0) is 47.6 Å². The molecule has 16 heteroatoms. The summed E-state index contributed by atoms with van der Waals surface area (Å²) in [5.74, 6) is -0.807. The monoisotopic (exact) mass is 793 g/mol. The molecule has 1 heterocycles. The van der Waals surface area contributed by atoms with E-state index in [-0.39, 0.29) is 49.6 Å². The maximum absolute atomic E-state index is 12.9. The van der Waals surface area contributed by atoms with E-state index in [1.807, 2.05) is 95.8 Å². The molecule has 0 unspecified atom stereocenters. The van der Waals surface area contributed by atoms with E-state index in [2.05, 4.69) is 5.32 Å². The van der Waals surface area contributed by atoms with Gasteiger partial charge >= 0.3 is 11.9 Å². The summed E-state index contributed by atoms with van der Waals surface area (Å²) in [4.78, 5) is 57.8. The van der Waals surface area contributed by atoms with E-state index >= 15 is 0 Å². The third-order valence-corrected chi connectivity index (χ3v) is 7.36. The molecule has 0 radical (unpaired) electrons. The second-order valence-electron chi connectivity index (χ2n) is 15.8. The topological polar surface area (TPSA) is 175 Å². The van der Waals surface area contributed by atoms with Crippen LogP contribution in [-0.4, -0.2) is 199 Å². The minimum atomic E-state index is -0.616. The lowest BCUT2D eigenvalue weighted by atomic mass is 10.2. The van der Waals surface area contributed by atoms with Gasteiger partial charge in [-0.25, -0.2) is 0 Å². The smallest absolute Gasteiger partial charge is 0.320 e. The van der Waals surface area contributed by atoms with Crippen LogP contribution in [0.25, 0.3) is 0 Å². The number of nitrogens with one attached hydrogen (secondary N) is 1. The fraction of sp³-hybridized carbons (Fsp3) is 0.897. The van der Waals surface area contributed by atoms with E-state index in [0.717, 1.165) is 6.29 Å². The molecule has 0 saturated carbocycles. The Labute approximate surface area is 333 Å². The van der Waals surface area contributed by atoms with Crippen molar-refractivity contribution in [1.82, 2.24) is 24.9 Å². The average Bonchev–Trinajstić information content (AvgIpc) is 3.07. The molecule has 1 aliphatic heterocycles. The summed E-state index contributed by atoms with van der Waals surface area (Å²) < 4.78 is 32.3. The molecule has 3 N–H and O–H groups in total. The van der Waals surface area contributed by atoms with Crippen molar-refractivity contribution in [1.29, 1.82) is 0 Å². The average molecular weight is 793 g/mol. The van der Waals surface area contributed by atoms with E-state index in [9.17, 15) is 19.2 Å². The fourth-order valence-corrected chi connectivity index (χ4v) is 4.60. The molecule has 1 aliphatic rings. The zero-order valence-electron chi connectivity index (χ0n) is 36.7. The number of amides is 1. The van der Waals surface area contributed by atoms with Gasteiger partial charge < -0.3 is 44.3 Å². The highest BCUT2D eigenvalue weighted by atomic mass is 16.6. The van der Waals surface area contributed by atoms with Gasteiger partial charge in [-0.3, -0.25) is 34.0 Å². The summed E-state index contributed by atoms with van der Waals surface area (Å²) >= 11 is 0. The van der Waals surface area contributed by atoms with Crippen molar-refractivity contribution in [3.63, 3.8) is 0 Å². The van der Waals surface area contributed by atoms with E-state index in [4.69, 9.17) is 34.2 Å². The molecule has 1 amide bonds. The Kier molecular flexibility index (Phi) is 31.7. The summed E-state index contributed by atoms with van der Waals surface area (Å²) in [6, 6.07) is 0. The molecular weight excluding hydrogens is 712 g/mol. The van der Waals surface area contributed by atoms with Crippen LogP contribution in [0.3, 0.4) is 0 Å². The molecule has 0 bridgehead atoms. The molecule has 0 aromatic carbocycles. The predicted molar refractivity (Wildman–Crippen MR) is 216 cm³/mol. The highest BCUT2D eigenvalue weighted by Crippen LogP contribution is 2.10. The normalized spacial score (nSPS) is 15.9. The fourth-order valence-electron chi connectivity index (χ4n) is 4.60. The van der Waals surface area contributed by atoms with Crippen LogP contribution in [0.1, 0.15) is 76.2 Å². The Balaban J connectivity index is 0. The number of carbonyl (C=O) groups excluding carboxylic acids is 4. The van der Waals surface area contributed by atoms with Gasteiger partial charge in [-0.05, 0) is 62.3 Å². The van der Waals surface area contributed by atoms with Crippen LogP contribution < -0.4 is 11.1 Å². The third kappa shape index (κ3) is 37.1. The van der Waals surface area contributed by atoms with Gasteiger partial charge in [0, 0.05) is 72.6 Å². The number of carbonyl (C=O) groups is 4. The Morgan fingerprint density at radius 3 is 1.27 bits per heavy atom. The van der Waals surface area contributed by atoms with Crippen molar-refractivity contribution in [2.75, 3.05) is 138 Å². The minimum absolute atomic E-state index is 0.0417.